The normalized spacial score (nSPS) is 24.2. The van der Waals surface area contributed by atoms with Crippen LogP contribution in [0.5, 0.6) is 0 Å². The molecule has 1 heterocycles. The summed E-state index contributed by atoms with van der Waals surface area (Å²) in [6.07, 6.45) is 2.85. The molecule has 1 aliphatic rings. The first-order chi connectivity index (χ1) is 4.79. The predicted octanol–water partition coefficient (Wildman–Crippen LogP) is 0.557. The Morgan fingerprint density at radius 2 is 2.50 bits per heavy atom. The van der Waals surface area contributed by atoms with Gasteiger partial charge in [0.2, 0.25) is 0 Å². The van der Waals surface area contributed by atoms with Gasteiger partial charge in [-0.15, -0.1) is 0 Å². The Hall–Kier alpha value is -1.03. The molecule has 0 saturated heterocycles. The van der Waals surface area contributed by atoms with Crippen LogP contribution in [0.1, 0.15) is 6.42 Å². The molecule has 10 heavy (non-hydrogen) atoms. The van der Waals surface area contributed by atoms with Gasteiger partial charge in [0.1, 0.15) is 0 Å². The summed E-state index contributed by atoms with van der Waals surface area (Å²) in [4.78, 5) is 9.98. The predicted molar refractivity (Wildman–Crippen MR) is 34.7 cm³/mol. The Kier molecular flexibility index (Phi) is 2.28. The van der Waals surface area contributed by atoms with E-state index in [0.717, 1.165) is 0 Å². The van der Waals surface area contributed by atoms with Gasteiger partial charge in [0.15, 0.2) is 6.23 Å². The molecule has 4 nitrogen and oxygen atoms in total. The maximum absolute atomic E-state index is 9.98. The van der Waals surface area contributed by atoms with Crippen molar-refractivity contribution in [3.8, 4) is 0 Å². The molecule has 0 aromatic carbocycles. The molecule has 0 radical (unpaired) electrons. The summed E-state index contributed by atoms with van der Waals surface area (Å²) in [7, 11) is 0. The second-order valence-corrected chi connectivity index (χ2v) is 1.99. The molecule has 0 amide bonds. The van der Waals surface area contributed by atoms with Crippen LogP contribution in [0.4, 0.5) is 4.79 Å². The monoisotopic (exact) mass is 143 g/mol. The molecule has 0 aromatic heterocycles. The van der Waals surface area contributed by atoms with E-state index in [2.05, 4.69) is 10.1 Å². The van der Waals surface area contributed by atoms with Gasteiger partial charge in [0, 0.05) is 13.0 Å². The quantitative estimate of drug-likeness (QED) is 0.416. The van der Waals surface area contributed by atoms with Crippen LogP contribution >= 0.6 is 0 Å². The van der Waals surface area contributed by atoms with Crippen LogP contribution in [0.3, 0.4) is 0 Å². The second-order valence-electron chi connectivity index (χ2n) is 1.99. The third-order valence-corrected chi connectivity index (χ3v) is 1.22. The summed E-state index contributed by atoms with van der Waals surface area (Å²) < 4.78 is 4.45. The zero-order valence-electron chi connectivity index (χ0n) is 5.41. The fourth-order valence-electron chi connectivity index (χ4n) is 0.797. The number of rotatable bonds is 1. The average molecular weight is 143 g/mol. The van der Waals surface area contributed by atoms with Gasteiger partial charge in [-0.25, -0.2) is 4.79 Å². The van der Waals surface area contributed by atoms with Crippen LogP contribution in [-0.2, 0) is 4.74 Å². The molecule has 0 aromatic rings. The molecule has 0 bridgehead atoms. The van der Waals surface area contributed by atoms with Crippen molar-refractivity contribution in [3.05, 3.63) is 12.2 Å². The highest BCUT2D eigenvalue weighted by Crippen LogP contribution is 2.00. The molecule has 1 atom stereocenters. The zero-order valence-corrected chi connectivity index (χ0v) is 5.41. The Morgan fingerprint density at radius 3 is 3.00 bits per heavy atom. The topological polar surface area (TPSA) is 58.6 Å². The van der Waals surface area contributed by atoms with Crippen molar-refractivity contribution in [2.24, 2.45) is 0 Å². The Balaban J connectivity index is 2.28. The number of hydrogen-bond acceptors (Lipinski definition) is 3. The molecule has 1 aliphatic heterocycles. The molecular weight excluding hydrogens is 134 g/mol. The number of ether oxygens (including phenoxy) is 1. The highest BCUT2D eigenvalue weighted by atomic mass is 16.7. The molecule has 0 spiro atoms. The van der Waals surface area contributed by atoms with Crippen LogP contribution in [0.2, 0.25) is 0 Å². The van der Waals surface area contributed by atoms with Crippen LogP contribution < -0.4 is 5.32 Å². The molecule has 0 fully saturated rings. The SMILES string of the molecule is O=C(O)OC1CC=CCN1. The van der Waals surface area contributed by atoms with Gasteiger partial charge in [-0.2, -0.15) is 0 Å². The molecule has 0 aliphatic carbocycles. The van der Waals surface area contributed by atoms with E-state index in [0.29, 0.717) is 13.0 Å². The Morgan fingerprint density at radius 1 is 1.70 bits per heavy atom. The lowest BCUT2D eigenvalue weighted by Gasteiger charge is -2.17. The molecule has 2 N–H and O–H groups in total. The highest BCUT2D eigenvalue weighted by Gasteiger charge is 2.11. The van der Waals surface area contributed by atoms with Gasteiger partial charge in [-0.05, 0) is 0 Å². The summed E-state index contributed by atoms with van der Waals surface area (Å²) in [5, 5.41) is 11.0. The van der Waals surface area contributed by atoms with E-state index < -0.39 is 6.16 Å². The van der Waals surface area contributed by atoms with Crippen molar-refractivity contribution in [2.45, 2.75) is 12.6 Å². The molecule has 56 valence electrons. The fraction of sp³-hybridized carbons (Fsp3) is 0.500. The molecule has 1 unspecified atom stereocenters. The Labute approximate surface area is 58.5 Å². The summed E-state index contributed by atoms with van der Waals surface area (Å²) in [5.41, 5.74) is 0. The van der Waals surface area contributed by atoms with Crippen molar-refractivity contribution in [3.63, 3.8) is 0 Å². The maximum Gasteiger partial charge on any atom is 0.507 e. The highest BCUT2D eigenvalue weighted by molar-refractivity contribution is 5.57. The lowest BCUT2D eigenvalue weighted by atomic mass is 10.3. The van der Waals surface area contributed by atoms with Crippen molar-refractivity contribution in [1.29, 1.82) is 0 Å². The largest absolute Gasteiger partial charge is 0.507 e. The third-order valence-electron chi connectivity index (χ3n) is 1.22. The number of carboxylic acid groups (broad SMARTS) is 1. The smallest absolute Gasteiger partial charge is 0.450 e. The van der Waals surface area contributed by atoms with E-state index in [-0.39, 0.29) is 6.23 Å². The van der Waals surface area contributed by atoms with Crippen LogP contribution in [-0.4, -0.2) is 24.0 Å². The van der Waals surface area contributed by atoms with Crippen LogP contribution in [0, 0.1) is 0 Å². The van der Waals surface area contributed by atoms with Gasteiger partial charge in [-0.3, -0.25) is 5.32 Å². The van der Waals surface area contributed by atoms with Crippen molar-refractivity contribution < 1.29 is 14.6 Å². The van der Waals surface area contributed by atoms with Gasteiger partial charge >= 0.3 is 6.16 Å². The van der Waals surface area contributed by atoms with Crippen molar-refractivity contribution in [2.75, 3.05) is 6.54 Å². The zero-order chi connectivity index (χ0) is 7.40. The van der Waals surface area contributed by atoms with Gasteiger partial charge in [-0.1, -0.05) is 12.2 Å². The van der Waals surface area contributed by atoms with E-state index >= 15 is 0 Å². The molecule has 1 rings (SSSR count). The third kappa shape index (κ3) is 2.06. The number of nitrogens with one attached hydrogen (secondary N) is 1. The first kappa shape index (κ1) is 7.08. The van der Waals surface area contributed by atoms with E-state index in [4.69, 9.17) is 5.11 Å². The average Bonchev–Trinajstić information content (AvgIpc) is 1.88. The summed E-state index contributed by atoms with van der Waals surface area (Å²) in [6.45, 7) is 0.679. The summed E-state index contributed by atoms with van der Waals surface area (Å²) >= 11 is 0. The molecule has 4 heteroatoms. The van der Waals surface area contributed by atoms with E-state index in [9.17, 15) is 4.79 Å². The van der Waals surface area contributed by atoms with E-state index in [1.165, 1.54) is 0 Å². The minimum atomic E-state index is -1.23. The first-order valence-electron chi connectivity index (χ1n) is 3.07. The van der Waals surface area contributed by atoms with E-state index in [1.807, 2.05) is 12.2 Å². The van der Waals surface area contributed by atoms with Gasteiger partial charge in [0.25, 0.3) is 0 Å². The van der Waals surface area contributed by atoms with Gasteiger partial charge < -0.3 is 9.84 Å². The first-order valence-corrected chi connectivity index (χ1v) is 3.07. The minimum Gasteiger partial charge on any atom is -0.450 e. The number of hydrogen-bond donors (Lipinski definition) is 2. The standard InChI is InChI=1S/C6H9NO3/c8-6(9)10-5-3-1-2-4-7-5/h1-2,5,7H,3-4H2,(H,8,9). The summed E-state index contributed by atoms with van der Waals surface area (Å²) in [6, 6.07) is 0. The van der Waals surface area contributed by atoms with Gasteiger partial charge in [0.05, 0.1) is 0 Å². The fourth-order valence-corrected chi connectivity index (χ4v) is 0.797. The number of carbonyl (C=O) groups is 1. The van der Waals surface area contributed by atoms with Crippen molar-refractivity contribution >= 4 is 6.16 Å². The van der Waals surface area contributed by atoms with Crippen LogP contribution in [0.15, 0.2) is 12.2 Å². The summed E-state index contributed by atoms with van der Waals surface area (Å²) in [5.74, 6) is 0. The second kappa shape index (κ2) is 3.22. The lowest BCUT2D eigenvalue weighted by Crippen LogP contribution is -2.35. The van der Waals surface area contributed by atoms with Crippen molar-refractivity contribution in [1.82, 2.24) is 5.32 Å². The minimum absolute atomic E-state index is 0.359. The maximum atomic E-state index is 9.98. The Bertz CT molecular complexity index is 155. The molecular formula is C6H9NO3. The molecule has 0 saturated carbocycles. The van der Waals surface area contributed by atoms with E-state index in [1.54, 1.807) is 0 Å². The van der Waals surface area contributed by atoms with Crippen LogP contribution in [0.25, 0.3) is 0 Å². The lowest BCUT2D eigenvalue weighted by molar-refractivity contribution is 0.0381.